The van der Waals surface area contributed by atoms with E-state index in [1.54, 1.807) is 0 Å². The SMILES string of the molecule is CC1CC[C@@H]2[C@@H](C1)c1c(c3ccccc3[nH]c1=O)OC2(C)C. The number of nitrogens with one attached hydrogen (secondary N) is 1. The number of rotatable bonds is 0. The Hall–Kier alpha value is -1.77. The van der Waals surface area contributed by atoms with Crippen LogP contribution < -0.4 is 10.3 Å². The Labute approximate surface area is 130 Å². The quantitative estimate of drug-likeness (QED) is 0.791. The maximum atomic E-state index is 12.7. The highest BCUT2D eigenvalue weighted by Gasteiger charge is 2.47. The van der Waals surface area contributed by atoms with E-state index in [-0.39, 0.29) is 11.2 Å². The van der Waals surface area contributed by atoms with E-state index >= 15 is 0 Å². The Kier molecular flexibility index (Phi) is 2.91. The average molecular weight is 297 g/mol. The van der Waals surface area contributed by atoms with Crippen molar-refractivity contribution in [2.24, 2.45) is 11.8 Å². The number of aromatic amines is 1. The van der Waals surface area contributed by atoms with Crippen LogP contribution in [0.15, 0.2) is 29.1 Å². The number of ether oxygens (including phenoxy) is 1. The third-order valence-electron chi connectivity index (χ3n) is 5.65. The first-order valence-corrected chi connectivity index (χ1v) is 8.31. The molecular formula is C19H23NO2. The molecule has 3 nitrogen and oxygen atoms in total. The van der Waals surface area contributed by atoms with Crippen molar-refractivity contribution in [3.8, 4) is 5.75 Å². The zero-order valence-electron chi connectivity index (χ0n) is 13.5. The molecule has 3 atom stereocenters. The van der Waals surface area contributed by atoms with Crippen molar-refractivity contribution < 1.29 is 4.74 Å². The van der Waals surface area contributed by atoms with Crippen LogP contribution in [0.3, 0.4) is 0 Å². The van der Waals surface area contributed by atoms with Gasteiger partial charge in [-0.2, -0.15) is 0 Å². The van der Waals surface area contributed by atoms with Gasteiger partial charge in [-0.05, 0) is 50.7 Å². The normalized spacial score (nSPS) is 29.5. The van der Waals surface area contributed by atoms with Gasteiger partial charge in [0.1, 0.15) is 11.4 Å². The van der Waals surface area contributed by atoms with E-state index in [1.807, 2.05) is 24.3 Å². The van der Waals surface area contributed by atoms with E-state index in [2.05, 4.69) is 25.8 Å². The summed E-state index contributed by atoms with van der Waals surface area (Å²) in [6.07, 6.45) is 3.46. The molecule has 2 heterocycles. The lowest BCUT2D eigenvalue weighted by atomic mass is 9.64. The first-order chi connectivity index (χ1) is 10.5. The van der Waals surface area contributed by atoms with Gasteiger partial charge in [0.25, 0.3) is 5.56 Å². The molecule has 116 valence electrons. The molecule has 1 aliphatic carbocycles. The molecule has 0 amide bonds. The Balaban J connectivity index is 2.00. The lowest BCUT2D eigenvalue weighted by Crippen LogP contribution is -2.48. The summed E-state index contributed by atoms with van der Waals surface area (Å²) in [4.78, 5) is 15.8. The highest BCUT2D eigenvalue weighted by atomic mass is 16.5. The molecule has 2 aliphatic rings. The molecule has 0 saturated heterocycles. The largest absolute Gasteiger partial charge is 0.486 e. The fraction of sp³-hybridized carbons (Fsp3) is 0.526. The molecule has 1 aliphatic heterocycles. The molecule has 22 heavy (non-hydrogen) atoms. The van der Waals surface area contributed by atoms with Gasteiger partial charge in [0.15, 0.2) is 0 Å². The lowest BCUT2D eigenvalue weighted by molar-refractivity contribution is -0.0128. The van der Waals surface area contributed by atoms with Crippen molar-refractivity contribution in [1.82, 2.24) is 4.98 Å². The average Bonchev–Trinajstić information content (AvgIpc) is 2.46. The first-order valence-electron chi connectivity index (χ1n) is 8.31. The predicted molar refractivity (Wildman–Crippen MR) is 88.5 cm³/mol. The number of aromatic nitrogens is 1. The van der Waals surface area contributed by atoms with Crippen LogP contribution in [-0.4, -0.2) is 10.6 Å². The molecule has 1 fully saturated rings. The van der Waals surface area contributed by atoms with Crippen LogP contribution in [0.2, 0.25) is 0 Å². The lowest BCUT2D eigenvalue weighted by Gasteiger charge is -2.48. The van der Waals surface area contributed by atoms with E-state index in [0.717, 1.165) is 35.1 Å². The fourth-order valence-electron chi connectivity index (χ4n) is 4.55. The molecule has 1 N–H and O–H groups in total. The number of benzene rings is 1. The van der Waals surface area contributed by atoms with Gasteiger partial charge in [-0.25, -0.2) is 0 Å². The molecule has 1 aromatic carbocycles. The molecule has 0 radical (unpaired) electrons. The van der Waals surface area contributed by atoms with Crippen molar-refractivity contribution in [3.05, 3.63) is 40.2 Å². The fourth-order valence-corrected chi connectivity index (χ4v) is 4.55. The molecule has 3 heteroatoms. The maximum Gasteiger partial charge on any atom is 0.255 e. The molecule has 1 saturated carbocycles. The molecule has 1 unspecified atom stereocenters. The summed E-state index contributed by atoms with van der Waals surface area (Å²) < 4.78 is 6.40. The summed E-state index contributed by atoms with van der Waals surface area (Å²) in [7, 11) is 0. The molecule has 1 aromatic heterocycles. The Bertz CT molecular complexity index is 790. The summed E-state index contributed by atoms with van der Waals surface area (Å²) in [5, 5.41) is 1.03. The predicted octanol–water partition coefficient (Wildman–Crippen LogP) is 4.22. The second-order valence-corrected chi connectivity index (χ2v) is 7.58. The van der Waals surface area contributed by atoms with Crippen LogP contribution >= 0.6 is 0 Å². The van der Waals surface area contributed by atoms with Gasteiger partial charge >= 0.3 is 0 Å². The van der Waals surface area contributed by atoms with E-state index in [9.17, 15) is 4.79 Å². The van der Waals surface area contributed by atoms with Crippen molar-refractivity contribution in [3.63, 3.8) is 0 Å². The molecule has 2 aromatic rings. The van der Waals surface area contributed by atoms with Crippen LogP contribution in [-0.2, 0) is 0 Å². The Morgan fingerprint density at radius 1 is 1.23 bits per heavy atom. The molecular weight excluding hydrogens is 274 g/mol. The second-order valence-electron chi connectivity index (χ2n) is 7.58. The first kappa shape index (κ1) is 13.9. The van der Waals surface area contributed by atoms with Crippen LogP contribution in [0, 0.1) is 11.8 Å². The minimum atomic E-state index is -0.214. The van der Waals surface area contributed by atoms with Gasteiger partial charge in [-0.3, -0.25) is 4.79 Å². The second kappa shape index (κ2) is 4.61. The summed E-state index contributed by atoms with van der Waals surface area (Å²) in [6.45, 7) is 6.66. The zero-order valence-corrected chi connectivity index (χ0v) is 13.5. The maximum absolute atomic E-state index is 12.7. The highest BCUT2D eigenvalue weighted by molar-refractivity contribution is 5.86. The van der Waals surface area contributed by atoms with Crippen molar-refractivity contribution in [1.29, 1.82) is 0 Å². The van der Waals surface area contributed by atoms with E-state index in [0.29, 0.717) is 17.8 Å². The van der Waals surface area contributed by atoms with Crippen LogP contribution in [0.25, 0.3) is 10.9 Å². The number of hydrogen-bond acceptors (Lipinski definition) is 2. The summed E-state index contributed by atoms with van der Waals surface area (Å²) >= 11 is 0. The number of fused-ring (bicyclic) bond motifs is 5. The highest BCUT2D eigenvalue weighted by Crippen LogP contribution is 2.52. The minimum absolute atomic E-state index is 0.0355. The van der Waals surface area contributed by atoms with E-state index in [4.69, 9.17) is 4.74 Å². The van der Waals surface area contributed by atoms with Gasteiger partial charge in [0, 0.05) is 11.3 Å². The Morgan fingerprint density at radius 2 is 2.00 bits per heavy atom. The Morgan fingerprint density at radius 3 is 2.82 bits per heavy atom. The summed E-state index contributed by atoms with van der Waals surface area (Å²) in [5.74, 6) is 2.24. The zero-order chi connectivity index (χ0) is 15.5. The molecule has 0 bridgehead atoms. The van der Waals surface area contributed by atoms with Crippen molar-refractivity contribution in [2.75, 3.05) is 0 Å². The topological polar surface area (TPSA) is 42.1 Å². The number of para-hydroxylation sites is 1. The van der Waals surface area contributed by atoms with Gasteiger partial charge < -0.3 is 9.72 Å². The van der Waals surface area contributed by atoms with Gasteiger partial charge in [-0.15, -0.1) is 0 Å². The van der Waals surface area contributed by atoms with Crippen LogP contribution in [0.1, 0.15) is 51.5 Å². The minimum Gasteiger partial charge on any atom is -0.486 e. The number of pyridine rings is 1. The molecule has 4 rings (SSSR count). The van der Waals surface area contributed by atoms with E-state index < -0.39 is 0 Å². The summed E-state index contributed by atoms with van der Waals surface area (Å²) in [6, 6.07) is 7.95. The van der Waals surface area contributed by atoms with Gasteiger partial charge in [0.05, 0.1) is 11.1 Å². The van der Waals surface area contributed by atoms with E-state index in [1.165, 1.54) is 6.42 Å². The van der Waals surface area contributed by atoms with Gasteiger partial charge in [0.2, 0.25) is 0 Å². The van der Waals surface area contributed by atoms with Gasteiger partial charge in [-0.1, -0.05) is 25.5 Å². The van der Waals surface area contributed by atoms with Crippen molar-refractivity contribution >= 4 is 10.9 Å². The summed E-state index contributed by atoms with van der Waals surface area (Å²) in [5.41, 5.74) is 1.57. The number of hydrogen-bond donors (Lipinski definition) is 1. The smallest absolute Gasteiger partial charge is 0.255 e. The monoisotopic (exact) mass is 297 g/mol. The van der Waals surface area contributed by atoms with Crippen molar-refractivity contribution in [2.45, 2.75) is 51.6 Å². The van der Waals surface area contributed by atoms with Crippen LogP contribution in [0.4, 0.5) is 0 Å². The number of H-pyrrole nitrogens is 1. The van der Waals surface area contributed by atoms with Crippen LogP contribution in [0.5, 0.6) is 5.75 Å². The standard InChI is InChI=1S/C19H23NO2/c1-11-8-9-14-13(10-11)16-17(22-19(14,2)3)12-6-4-5-7-15(12)20-18(16)21/h4-7,11,13-14H,8-10H2,1-3H3,(H,20,21)/t11?,13-,14-/m1/s1. The third-order valence-corrected chi connectivity index (χ3v) is 5.65. The third kappa shape index (κ3) is 1.91. The molecule has 0 spiro atoms.